The number of sulfonamides is 1. The van der Waals surface area contributed by atoms with Crippen molar-refractivity contribution in [3.63, 3.8) is 0 Å². The maximum atomic E-state index is 12.3. The van der Waals surface area contributed by atoms with Crippen molar-refractivity contribution < 1.29 is 13.2 Å². The van der Waals surface area contributed by atoms with Gasteiger partial charge in [0.2, 0.25) is 10.0 Å². The number of carbonyl (C=O) groups excluding carboxylic acids is 1. The molecule has 1 amide bonds. The molecular weight excluding hydrogens is 304 g/mol. The van der Waals surface area contributed by atoms with Gasteiger partial charge >= 0.3 is 0 Å². The molecule has 22 heavy (non-hydrogen) atoms. The highest BCUT2D eigenvalue weighted by Crippen LogP contribution is 2.17. The fraction of sp³-hybridized carbons (Fsp3) is 0.286. The Morgan fingerprint density at radius 2 is 1.91 bits per heavy atom. The number of hydrogen-bond acceptors (Lipinski definition) is 4. The topological polar surface area (TPSA) is 93.1 Å². The number of amides is 1. The van der Waals surface area contributed by atoms with Crippen LogP contribution in [0.4, 0.5) is 11.4 Å². The Kier molecular flexibility index (Phi) is 4.51. The third kappa shape index (κ3) is 4.08. The number of rotatable bonds is 5. The van der Waals surface area contributed by atoms with Crippen LogP contribution >= 0.6 is 0 Å². The maximum absolute atomic E-state index is 12.3. The molecule has 0 saturated heterocycles. The minimum atomic E-state index is -3.36. The predicted octanol–water partition coefficient (Wildman–Crippen LogP) is 2.09. The van der Waals surface area contributed by atoms with E-state index in [0.717, 1.165) is 6.26 Å². The lowest BCUT2D eigenvalue weighted by molar-refractivity contribution is 0.101. The molecule has 0 atom stereocenters. The van der Waals surface area contributed by atoms with E-state index < -0.39 is 10.0 Å². The molecule has 2 rings (SSSR count). The average Bonchev–Trinajstić information content (AvgIpc) is 2.86. The largest absolute Gasteiger partial charge is 0.321 e. The summed E-state index contributed by atoms with van der Waals surface area (Å²) >= 11 is 0. The standard InChI is InChI=1S/C14H18N4O3S/c1-10(2)18-13(7-8-15-18)14(19)16-11-5-4-6-12(9-11)17-22(3,20)21/h4-10,17H,1-3H3,(H,16,19). The first-order valence-corrected chi connectivity index (χ1v) is 8.58. The number of aromatic nitrogens is 2. The second-order valence-electron chi connectivity index (χ2n) is 5.16. The van der Waals surface area contributed by atoms with Crippen molar-refractivity contribution in [2.24, 2.45) is 0 Å². The van der Waals surface area contributed by atoms with Gasteiger partial charge in [-0.05, 0) is 38.1 Å². The van der Waals surface area contributed by atoms with Crippen LogP contribution in [0.2, 0.25) is 0 Å². The van der Waals surface area contributed by atoms with Gasteiger partial charge in [0.1, 0.15) is 5.69 Å². The molecule has 0 aliphatic heterocycles. The molecule has 0 radical (unpaired) electrons. The minimum absolute atomic E-state index is 0.0639. The Balaban J connectivity index is 2.18. The average molecular weight is 322 g/mol. The van der Waals surface area contributed by atoms with Gasteiger partial charge < -0.3 is 5.32 Å². The van der Waals surface area contributed by atoms with Crippen molar-refractivity contribution in [2.75, 3.05) is 16.3 Å². The third-order valence-electron chi connectivity index (χ3n) is 2.82. The molecule has 7 nitrogen and oxygen atoms in total. The molecule has 0 bridgehead atoms. The highest BCUT2D eigenvalue weighted by atomic mass is 32.2. The first-order chi connectivity index (χ1) is 10.3. The van der Waals surface area contributed by atoms with Crippen molar-refractivity contribution in [1.82, 2.24) is 9.78 Å². The smallest absolute Gasteiger partial charge is 0.273 e. The van der Waals surface area contributed by atoms with Crippen molar-refractivity contribution in [2.45, 2.75) is 19.9 Å². The quantitative estimate of drug-likeness (QED) is 0.881. The Morgan fingerprint density at radius 1 is 1.23 bits per heavy atom. The molecule has 2 N–H and O–H groups in total. The highest BCUT2D eigenvalue weighted by molar-refractivity contribution is 7.92. The van der Waals surface area contributed by atoms with Crippen molar-refractivity contribution in [3.8, 4) is 0 Å². The number of benzene rings is 1. The Labute approximate surface area is 129 Å². The Hall–Kier alpha value is -2.35. The lowest BCUT2D eigenvalue weighted by Crippen LogP contribution is -2.19. The van der Waals surface area contributed by atoms with Crippen LogP contribution in [0.15, 0.2) is 36.5 Å². The SMILES string of the molecule is CC(C)n1nccc1C(=O)Nc1cccc(NS(C)(=O)=O)c1. The van der Waals surface area contributed by atoms with Crippen LogP contribution in [0.1, 0.15) is 30.4 Å². The van der Waals surface area contributed by atoms with Gasteiger partial charge in [-0.3, -0.25) is 14.2 Å². The van der Waals surface area contributed by atoms with Gasteiger partial charge in [-0.1, -0.05) is 6.07 Å². The summed E-state index contributed by atoms with van der Waals surface area (Å²) in [5.41, 5.74) is 1.32. The van der Waals surface area contributed by atoms with E-state index in [4.69, 9.17) is 0 Å². The number of nitrogens with one attached hydrogen (secondary N) is 2. The van der Waals surface area contributed by atoms with E-state index >= 15 is 0 Å². The molecular formula is C14H18N4O3S. The summed E-state index contributed by atoms with van der Waals surface area (Å²) in [6, 6.07) is 8.19. The normalized spacial score (nSPS) is 11.5. The van der Waals surface area contributed by atoms with Crippen molar-refractivity contribution in [3.05, 3.63) is 42.2 Å². The van der Waals surface area contributed by atoms with Gasteiger partial charge in [-0.25, -0.2) is 8.42 Å². The first-order valence-electron chi connectivity index (χ1n) is 6.69. The molecule has 8 heteroatoms. The van der Waals surface area contributed by atoms with E-state index in [1.807, 2.05) is 13.8 Å². The lowest BCUT2D eigenvalue weighted by atomic mass is 10.2. The number of nitrogens with zero attached hydrogens (tertiary/aromatic N) is 2. The summed E-state index contributed by atoms with van der Waals surface area (Å²) in [6.45, 7) is 3.86. The van der Waals surface area contributed by atoms with Gasteiger partial charge in [0.05, 0.1) is 11.9 Å². The van der Waals surface area contributed by atoms with E-state index in [1.54, 1.807) is 41.2 Å². The zero-order valence-corrected chi connectivity index (χ0v) is 13.4. The Morgan fingerprint density at radius 3 is 2.55 bits per heavy atom. The van der Waals surface area contributed by atoms with Gasteiger partial charge in [0, 0.05) is 17.9 Å². The molecule has 0 aliphatic rings. The molecule has 0 spiro atoms. The van der Waals surface area contributed by atoms with Crippen LogP contribution in [0.3, 0.4) is 0 Å². The molecule has 1 aromatic carbocycles. The predicted molar refractivity (Wildman–Crippen MR) is 85.5 cm³/mol. The van der Waals surface area contributed by atoms with Crippen molar-refractivity contribution >= 4 is 27.3 Å². The summed E-state index contributed by atoms with van der Waals surface area (Å²) in [7, 11) is -3.36. The molecule has 1 aromatic heterocycles. The van der Waals surface area contributed by atoms with E-state index in [-0.39, 0.29) is 11.9 Å². The van der Waals surface area contributed by atoms with Gasteiger partial charge in [0.25, 0.3) is 5.91 Å². The van der Waals surface area contributed by atoms with Gasteiger partial charge in [0.15, 0.2) is 0 Å². The number of hydrogen-bond donors (Lipinski definition) is 2. The summed E-state index contributed by atoms with van der Waals surface area (Å²) in [6.07, 6.45) is 2.63. The summed E-state index contributed by atoms with van der Waals surface area (Å²) in [4.78, 5) is 12.3. The van der Waals surface area contributed by atoms with Crippen molar-refractivity contribution in [1.29, 1.82) is 0 Å². The summed E-state index contributed by atoms with van der Waals surface area (Å²) in [5, 5.41) is 6.84. The summed E-state index contributed by atoms with van der Waals surface area (Å²) in [5.74, 6) is -0.303. The summed E-state index contributed by atoms with van der Waals surface area (Å²) < 4.78 is 26.4. The second kappa shape index (κ2) is 6.18. The minimum Gasteiger partial charge on any atom is -0.321 e. The molecule has 1 heterocycles. The first kappa shape index (κ1) is 16.0. The monoisotopic (exact) mass is 322 g/mol. The number of anilines is 2. The zero-order chi connectivity index (χ0) is 16.3. The van der Waals surface area contributed by atoms with Gasteiger partial charge in [-0.2, -0.15) is 5.10 Å². The van der Waals surface area contributed by atoms with E-state index in [9.17, 15) is 13.2 Å². The third-order valence-corrected chi connectivity index (χ3v) is 3.42. The van der Waals surface area contributed by atoms with Crippen LogP contribution in [-0.4, -0.2) is 30.4 Å². The molecule has 0 aliphatic carbocycles. The molecule has 0 fully saturated rings. The maximum Gasteiger partial charge on any atom is 0.273 e. The fourth-order valence-corrected chi connectivity index (χ4v) is 2.53. The van der Waals surface area contributed by atoms with Crippen LogP contribution in [0, 0.1) is 0 Å². The van der Waals surface area contributed by atoms with Crippen LogP contribution < -0.4 is 10.0 Å². The number of carbonyl (C=O) groups is 1. The van der Waals surface area contributed by atoms with Crippen LogP contribution in [-0.2, 0) is 10.0 Å². The van der Waals surface area contributed by atoms with Crippen LogP contribution in [0.5, 0.6) is 0 Å². The van der Waals surface area contributed by atoms with E-state index in [1.165, 1.54) is 0 Å². The van der Waals surface area contributed by atoms with E-state index in [0.29, 0.717) is 17.1 Å². The molecule has 0 unspecified atom stereocenters. The molecule has 0 saturated carbocycles. The fourth-order valence-electron chi connectivity index (χ4n) is 1.98. The second-order valence-corrected chi connectivity index (χ2v) is 6.91. The Bertz CT molecular complexity index is 781. The van der Waals surface area contributed by atoms with Crippen LogP contribution in [0.25, 0.3) is 0 Å². The molecule has 2 aromatic rings. The van der Waals surface area contributed by atoms with E-state index in [2.05, 4.69) is 15.1 Å². The van der Waals surface area contributed by atoms with Gasteiger partial charge in [-0.15, -0.1) is 0 Å². The lowest BCUT2D eigenvalue weighted by Gasteiger charge is -2.12. The highest BCUT2D eigenvalue weighted by Gasteiger charge is 2.14. The zero-order valence-electron chi connectivity index (χ0n) is 12.6. The molecule has 118 valence electrons.